The topological polar surface area (TPSA) is 58.6 Å². The molecule has 1 aromatic carbocycles. The van der Waals surface area contributed by atoms with E-state index < -0.39 is 5.97 Å². The Hall–Kier alpha value is -1.55. The lowest BCUT2D eigenvalue weighted by atomic mass is 9.97. The summed E-state index contributed by atoms with van der Waals surface area (Å²) in [5.74, 6) is 0.733. The molecular formula is C17H25NO3. The Morgan fingerprint density at radius 2 is 2.29 bits per heavy atom. The van der Waals surface area contributed by atoms with E-state index in [0.29, 0.717) is 18.4 Å². The monoisotopic (exact) mass is 291 g/mol. The maximum atomic E-state index is 10.7. The normalized spacial score (nSPS) is 21.4. The maximum absolute atomic E-state index is 10.7. The number of methoxy groups -OCH3 is 1. The summed E-state index contributed by atoms with van der Waals surface area (Å²) in [6.07, 6.45) is 5.60. The summed E-state index contributed by atoms with van der Waals surface area (Å²) in [4.78, 5) is 10.7. The number of carbonyl (C=O) groups is 1. The predicted molar refractivity (Wildman–Crippen MR) is 82.7 cm³/mol. The fourth-order valence-corrected chi connectivity index (χ4v) is 3.19. The molecule has 1 aliphatic rings. The first-order chi connectivity index (χ1) is 10.2. The van der Waals surface area contributed by atoms with Crippen LogP contribution >= 0.6 is 0 Å². The van der Waals surface area contributed by atoms with E-state index in [9.17, 15) is 4.79 Å². The van der Waals surface area contributed by atoms with Crippen LogP contribution in [-0.4, -0.2) is 30.8 Å². The molecule has 2 rings (SSSR count). The molecule has 2 N–H and O–H groups in total. The van der Waals surface area contributed by atoms with Crippen LogP contribution in [0.5, 0.6) is 5.75 Å². The molecule has 0 radical (unpaired) electrons. The van der Waals surface area contributed by atoms with Crippen molar-refractivity contribution in [1.82, 2.24) is 5.32 Å². The Balaban J connectivity index is 1.75. The van der Waals surface area contributed by atoms with E-state index in [1.807, 2.05) is 12.1 Å². The highest BCUT2D eigenvalue weighted by Gasteiger charge is 2.26. The van der Waals surface area contributed by atoms with Gasteiger partial charge in [-0.15, -0.1) is 0 Å². The average molecular weight is 291 g/mol. The Morgan fingerprint density at radius 3 is 3.05 bits per heavy atom. The van der Waals surface area contributed by atoms with Crippen molar-refractivity contribution in [2.75, 3.05) is 13.7 Å². The van der Waals surface area contributed by atoms with Crippen LogP contribution in [0.15, 0.2) is 24.3 Å². The summed E-state index contributed by atoms with van der Waals surface area (Å²) in [6.45, 7) is 0.932. The summed E-state index contributed by atoms with van der Waals surface area (Å²) in [5.41, 5.74) is 1.27. The minimum absolute atomic E-state index is 0.290. The lowest BCUT2D eigenvalue weighted by Crippen LogP contribution is -2.34. The second kappa shape index (κ2) is 8.03. The zero-order chi connectivity index (χ0) is 15.1. The average Bonchev–Trinajstić information content (AvgIpc) is 2.93. The molecule has 116 valence electrons. The third-order valence-electron chi connectivity index (χ3n) is 4.34. The highest BCUT2D eigenvalue weighted by atomic mass is 16.5. The number of ether oxygens (including phenoxy) is 1. The van der Waals surface area contributed by atoms with Gasteiger partial charge in [0.25, 0.3) is 0 Å². The van der Waals surface area contributed by atoms with E-state index >= 15 is 0 Å². The van der Waals surface area contributed by atoms with Crippen molar-refractivity contribution >= 4 is 5.97 Å². The SMILES string of the molecule is COc1cccc(CCN[C@@H]2CCC[C@@H]2CCC(=O)O)c1. The number of carboxylic acid groups (broad SMARTS) is 1. The van der Waals surface area contributed by atoms with Crippen LogP contribution in [0.1, 0.15) is 37.7 Å². The minimum atomic E-state index is -0.683. The van der Waals surface area contributed by atoms with Gasteiger partial charge in [-0.2, -0.15) is 0 Å². The smallest absolute Gasteiger partial charge is 0.303 e. The summed E-state index contributed by atoms with van der Waals surface area (Å²) in [5, 5.41) is 12.4. The molecule has 0 amide bonds. The molecule has 21 heavy (non-hydrogen) atoms. The van der Waals surface area contributed by atoms with E-state index in [4.69, 9.17) is 9.84 Å². The van der Waals surface area contributed by atoms with Crippen LogP contribution < -0.4 is 10.1 Å². The van der Waals surface area contributed by atoms with Gasteiger partial charge < -0.3 is 15.2 Å². The molecule has 0 spiro atoms. The first-order valence-electron chi connectivity index (χ1n) is 7.77. The fourth-order valence-electron chi connectivity index (χ4n) is 3.19. The van der Waals surface area contributed by atoms with Crippen molar-refractivity contribution in [2.45, 2.75) is 44.6 Å². The maximum Gasteiger partial charge on any atom is 0.303 e. The van der Waals surface area contributed by atoms with E-state index in [-0.39, 0.29) is 0 Å². The lowest BCUT2D eigenvalue weighted by molar-refractivity contribution is -0.137. The van der Waals surface area contributed by atoms with Gasteiger partial charge in [-0.05, 0) is 55.8 Å². The highest BCUT2D eigenvalue weighted by Crippen LogP contribution is 2.29. The minimum Gasteiger partial charge on any atom is -0.497 e. The molecule has 1 aliphatic carbocycles. The first-order valence-corrected chi connectivity index (χ1v) is 7.77. The zero-order valence-corrected chi connectivity index (χ0v) is 12.7. The standard InChI is InChI=1S/C17H25NO3/c1-21-15-6-2-4-13(12-15)10-11-18-16-7-3-5-14(16)8-9-17(19)20/h2,4,6,12,14,16,18H,3,5,7-11H2,1H3,(H,19,20)/t14-,16-/m1/s1. The van der Waals surface area contributed by atoms with Gasteiger partial charge in [0.05, 0.1) is 7.11 Å². The third-order valence-corrected chi connectivity index (χ3v) is 4.34. The molecule has 2 atom stereocenters. The van der Waals surface area contributed by atoms with Crippen LogP contribution in [0.25, 0.3) is 0 Å². The van der Waals surface area contributed by atoms with Crippen LogP contribution in [0, 0.1) is 5.92 Å². The number of rotatable bonds is 8. The van der Waals surface area contributed by atoms with E-state index in [1.54, 1.807) is 7.11 Å². The molecule has 0 bridgehead atoms. The quantitative estimate of drug-likeness (QED) is 0.773. The van der Waals surface area contributed by atoms with Crippen LogP contribution in [0.4, 0.5) is 0 Å². The summed E-state index contributed by atoms with van der Waals surface area (Å²) in [6, 6.07) is 8.63. The molecule has 1 aromatic rings. The Labute approximate surface area is 126 Å². The molecule has 0 aliphatic heterocycles. The van der Waals surface area contributed by atoms with Gasteiger partial charge in [-0.3, -0.25) is 4.79 Å². The van der Waals surface area contributed by atoms with Crippen molar-refractivity contribution in [3.8, 4) is 5.75 Å². The third kappa shape index (κ3) is 5.05. The lowest BCUT2D eigenvalue weighted by Gasteiger charge is -2.20. The van der Waals surface area contributed by atoms with Crippen molar-refractivity contribution in [2.24, 2.45) is 5.92 Å². The van der Waals surface area contributed by atoms with E-state index in [2.05, 4.69) is 17.4 Å². The van der Waals surface area contributed by atoms with E-state index in [0.717, 1.165) is 31.6 Å². The fraction of sp³-hybridized carbons (Fsp3) is 0.588. The van der Waals surface area contributed by atoms with Crippen LogP contribution in [0.2, 0.25) is 0 Å². The summed E-state index contributed by atoms with van der Waals surface area (Å²) >= 11 is 0. The van der Waals surface area contributed by atoms with E-state index in [1.165, 1.54) is 18.4 Å². The van der Waals surface area contributed by atoms with Gasteiger partial charge in [0.1, 0.15) is 5.75 Å². The predicted octanol–water partition coefficient (Wildman–Crippen LogP) is 2.86. The molecule has 4 heteroatoms. The van der Waals surface area contributed by atoms with Gasteiger partial charge in [0, 0.05) is 12.5 Å². The van der Waals surface area contributed by atoms with Gasteiger partial charge in [0.15, 0.2) is 0 Å². The molecule has 1 saturated carbocycles. The second-order valence-electron chi connectivity index (χ2n) is 5.79. The summed E-state index contributed by atoms with van der Waals surface area (Å²) in [7, 11) is 1.68. The second-order valence-corrected chi connectivity index (χ2v) is 5.79. The molecular weight excluding hydrogens is 266 g/mol. The number of hydrogen-bond donors (Lipinski definition) is 2. The van der Waals surface area contributed by atoms with Crippen molar-refractivity contribution in [3.63, 3.8) is 0 Å². The molecule has 0 aromatic heterocycles. The largest absolute Gasteiger partial charge is 0.497 e. The van der Waals surface area contributed by atoms with Crippen molar-refractivity contribution in [3.05, 3.63) is 29.8 Å². The van der Waals surface area contributed by atoms with Gasteiger partial charge in [-0.1, -0.05) is 18.6 Å². The highest BCUT2D eigenvalue weighted by molar-refractivity contribution is 5.66. The molecule has 0 unspecified atom stereocenters. The zero-order valence-electron chi connectivity index (χ0n) is 12.7. The summed E-state index contributed by atoms with van der Waals surface area (Å²) < 4.78 is 5.23. The number of nitrogens with one attached hydrogen (secondary N) is 1. The number of benzene rings is 1. The van der Waals surface area contributed by atoms with Gasteiger partial charge >= 0.3 is 5.97 Å². The number of aliphatic carboxylic acids is 1. The first kappa shape index (κ1) is 15.8. The van der Waals surface area contributed by atoms with Gasteiger partial charge in [-0.25, -0.2) is 0 Å². The Morgan fingerprint density at radius 1 is 1.43 bits per heavy atom. The number of hydrogen-bond acceptors (Lipinski definition) is 3. The van der Waals surface area contributed by atoms with Crippen molar-refractivity contribution < 1.29 is 14.6 Å². The molecule has 0 saturated heterocycles. The van der Waals surface area contributed by atoms with Crippen molar-refractivity contribution in [1.29, 1.82) is 0 Å². The molecule has 0 heterocycles. The van der Waals surface area contributed by atoms with Crippen LogP contribution in [0.3, 0.4) is 0 Å². The van der Waals surface area contributed by atoms with Gasteiger partial charge in [0.2, 0.25) is 0 Å². The molecule has 1 fully saturated rings. The number of carboxylic acids is 1. The Bertz CT molecular complexity index is 461. The van der Waals surface area contributed by atoms with Crippen LogP contribution in [-0.2, 0) is 11.2 Å². The molecule has 4 nitrogen and oxygen atoms in total. The Kier molecular flexibility index (Phi) is 6.05.